The summed E-state index contributed by atoms with van der Waals surface area (Å²) in [6.07, 6.45) is 7.20. The molecule has 3 heteroatoms. The fourth-order valence-corrected chi connectivity index (χ4v) is 1.90. The maximum Gasteiger partial charge on any atom is 0.0856 e. The van der Waals surface area contributed by atoms with E-state index in [4.69, 9.17) is 0 Å². The van der Waals surface area contributed by atoms with Gasteiger partial charge in [-0.15, -0.1) is 5.10 Å². The Kier molecular flexibility index (Phi) is 5.37. The topological polar surface area (TPSA) is 30.7 Å². The minimum Gasteiger partial charge on any atom is -0.249 e. The third-order valence-corrected chi connectivity index (χ3v) is 2.81. The summed E-state index contributed by atoms with van der Waals surface area (Å²) in [4.78, 5) is 0. The minimum absolute atomic E-state index is 0.998. The highest BCUT2D eigenvalue weighted by atomic mass is 15.4. The molecule has 0 atom stereocenters. The first-order chi connectivity index (χ1) is 7.33. The van der Waals surface area contributed by atoms with E-state index in [-0.39, 0.29) is 0 Å². The molecule has 0 fully saturated rings. The second-order valence-electron chi connectivity index (χ2n) is 3.97. The zero-order chi connectivity index (χ0) is 11.1. The molecule has 0 spiro atoms. The van der Waals surface area contributed by atoms with Crippen LogP contribution < -0.4 is 0 Å². The van der Waals surface area contributed by atoms with Crippen LogP contribution in [-0.4, -0.2) is 15.0 Å². The number of aromatic nitrogens is 3. The molecule has 0 saturated heterocycles. The van der Waals surface area contributed by atoms with Gasteiger partial charge in [-0.3, -0.25) is 0 Å². The van der Waals surface area contributed by atoms with Gasteiger partial charge in [0.15, 0.2) is 0 Å². The third kappa shape index (κ3) is 3.33. The molecule has 0 saturated carbocycles. The normalized spacial score (nSPS) is 10.9. The summed E-state index contributed by atoms with van der Waals surface area (Å²) >= 11 is 0. The number of hydrogen-bond donors (Lipinski definition) is 0. The average Bonchev–Trinajstić information content (AvgIpc) is 2.66. The van der Waals surface area contributed by atoms with Crippen molar-refractivity contribution in [1.29, 1.82) is 0 Å². The van der Waals surface area contributed by atoms with E-state index in [0.717, 1.165) is 19.4 Å². The van der Waals surface area contributed by atoms with Crippen molar-refractivity contribution in [2.24, 2.45) is 0 Å². The van der Waals surface area contributed by atoms with Crippen molar-refractivity contribution in [3.63, 3.8) is 0 Å². The Morgan fingerprint density at radius 1 is 1.00 bits per heavy atom. The Hall–Kier alpha value is -0.860. The highest BCUT2D eigenvalue weighted by Crippen LogP contribution is 2.09. The van der Waals surface area contributed by atoms with E-state index in [1.807, 2.05) is 0 Å². The SMILES string of the molecule is CCCCCCn1nnc(CC)c1CC. The summed E-state index contributed by atoms with van der Waals surface area (Å²) in [5, 5.41) is 8.44. The monoisotopic (exact) mass is 209 g/mol. The Morgan fingerprint density at radius 2 is 1.80 bits per heavy atom. The number of unbranched alkanes of at least 4 members (excludes halogenated alkanes) is 3. The van der Waals surface area contributed by atoms with Gasteiger partial charge in [-0.1, -0.05) is 45.2 Å². The summed E-state index contributed by atoms with van der Waals surface area (Å²) in [6.45, 7) is 7.60. The molecule has 86 valence electrons. The van der Waals surface area contributed by atoms with E-state index in [1.165, 1.54) is 37.1 Å². The summed E-state index contributed by atoms with van der Waals surface area (Å²) < 4.78 is 2.09. The number of nitrogens with zero attached hydrogens (tertiary/aromatic N) is 3. The van der Waals surface area contributed by atoms with Crippen molar-refractivity contribution < 1.29 is 0 Å². The molecule has 15 heavy (non-hydrogen) atoms. The number of hydrogen-bond acceptors (Lipinski definition) is 2. The van der Waals surface area contributed by atoms with Crippen LogP contribution in [-0.2, 0) is 19.4 Å². The van der Waals surface area contributed by atoms with Gasteiger partial charge in [0.2, 0.25) is 0 Å². The van der Waals surface area contributed by atoms with Crippen LogP contribution in [0.1, 0.15) is 57.8 Å². The molecule has 0 aliphatic heterocycles. The van der Waals surface area contributed by atoms with Gasteiger partial charge in [0.25, 0.3) is 0 Å². The molecule has 0 radical (unpaired) electrons. The molecule has 0 bridgehead atoms. The fourth-order valence-electron chi connectivity index (χ4n) is 1.90. The lowest BCUT2D eigenvalue weighted by atomic mass is 10.2. The maximum absolute atomic E-state index is 4.22. The third-order valence-electron chi connectivity index (χ3n) is 2.81. The van der Waals surface area contributed by atoms with E-state index < -0.39 is 0 Å². The Labute approximate surface area is 92.9 Å². The second-order valence-corrected chi connectivity index (χ2v) is 3.97. The van der Waals surface area contributed by atoms with E-state index in [9.17, 15) is 0 Å². The largest absolute Gasteiger partial charge is 0.249 e. The lowest BCUT2D eigenvalue weighted by Gasteiger charge is -2.04. The van der Waals surface area contributed by atoms with Crippen molar-refractivity contribution in [2.45, 2.75) is 65.8 Å². The molecule has 1 rings (SSSR count). The average molecular weight is 209 g/mol. The highest BCUT2D eigenvalue weighted by molar-refractivity contribution is 5.09. The van der Waals surface area contributed by atoms with Crippen LogP contribution in [0.15, 0.2) is 0 Å². The zero-order valence-corrected chi connectivity index (χ0v) is 10.3. The van der Waals surface area contributed by atoms with Crippen LogP contribution in [0, 0.1) is 0 Å². The Morgan fingerprint density at radius 3 is 2.40 bits per heavy atom. The molecule has 0 aliphatic rings. The molecule has 0 N–H and O–H groups in total. The molecule has 0 amide bonds. The lowest BCUT2D eigenvalue weighted by molar-refractivity contribution is 0.513. The molecular weight excluding hydrogens is 186 g/mol. The van der Waals surface area contributed by atoms with Crippen molar-refractivity contribution >= 4 is 0 Å². The predicted molar refractivity (Wildman–Crippen MR) is 62.9 cm³/mol. The molecule has 1 aromatic rings. The van der Waals surface area contributed by atoms with Crippen molar-refractivity contribution in [2.75, 3.05) is 0 Å². The van der Waals surface area contributed by atoms with Crippen LogP contribution in [0.25, 0.3) is 0 Å². The molecule has 0 unspecified atom stereocenters. The van der Waals surface area contributed by atoms with Gasteiger partial charge in [0.05, 0.1) is 11.4 Å². The van der Waals surface area contributed by atoms with Gasteiger partial charge in [-0.05, 0) is 19.3 Å². The molecule has 0 aliphatic carbocycles. The molecule has 3 nitrogen and oxygen atoms in total. The Bertz CT molecular complexity index is 278. The van der Waals surface area contributed by atoms with Gasteiger partial charge in [-0.2, -0.15) is 0 Å². The van der Waals surface area contributed by atoms with Gasteiger partial charge >= 0.3 is 0 Å². The minimum atomic E-state index is 0.998. The highest BCUT2D eigenvalue weighted by Gasteiger charge is 2.08. The first-order valence-electron chi connectivity index (χ1n) is 6.24. The number of aryl methyl sites for hydroxylation is 2. The predicted octanol–water partition coefficient (Wildman–Crippen LogP) is 2.98. The first-order valence-corrected chi connectivity index (χ1v) is 6.24. The Balaban J connectivity index is 2.49. The van der Waals surface area contributed by atoms with Crippen LogP contribution >= 0.6 is 0 Å². The van der Waals surface area contributed by atoms with Crippen molar-refractivity contribution in [3.8, 4) is 0 Å². The molecule has 1 heterocycles. The van der Waals surface area contributed by atoms with E-state index in [0.29, 0.717) is 0 Å². The maximum atomic E-state index is 4.22. The standard InChI is InChI=1S/C12H23N3/c1-4-7-8-9-10-15-12(6-3)11(5-2)13-14-15/h4-10H2,1-3H3. The lowest BCUT2D eigenvalue weighted by Crippen LogP contribution is -2.05. The summed E-state index contributed by atoms with van der Waals surface area (Å²) in [6, 6.07) is 0. The summed E-state index contributed by atoms with van der Waals surface area (Å²) in [7, 11) is 0. The van der Waals surface area contributed by atoms with E-state index in [1.54, 1.807) is 0 Å². The molecule has 1 aromatic heterocycles. The fraction of sp³-hybridized carbons (Fsp3) is 0.833. The van der Waals surface area contributed by atoms with Gasteiger partial charge < -0.3 is 0 Å². The van der Waals surface area contributed by atoms with Gasteiger partial charge in [0, 0.05) is 6.54 Å². The quantitative estimate of drug-likeness (QED) is 0.646. The van der Waals surface area contributed by atoms with Crippen molar-refractivity contribution in [3.05, 3.63) is 11.4 Å². The van der Waals surface area contributed by atoms with Crippen LogP contribution in [0.3, 0.4) is 0 Å². The van der Waals surface area contributed by atoms with Crippen LogP contribution in [0.2, 0.25) is 0 Å². The van der Waals surface area contributed by atoms with Gasteiger partial charge in [-0.25, -0.2) is 4.68 Å². The molecular formula is C12H23N3. The molecule has 0 aromatic carbocycles. The smallest absolute Gasteiger partial charge is 0.0856 e. The second kappa shape index (κ2) is 6.59. The van der Waals surface area contributed by atoms with Gasteiger partial charge in [0.1, 0.15) is 0 Å². The first kappa shape index (κ1) is 12.2. The zero-order valence-electron chi connectivity index (χ0n) is 10.3. The number of rotatable bonds is 7. The van der Waals surface area contributed by atoms with Crippen LogP contribution in [0.5, 0.6) is 0 Å². The van der Waals surface area contributed by atoms with Crippen LogP contribution in [0.4, 0.5) is 0 Å². The summed E-state index contributed by atoms with van der Waals surface area (Å²) in [5.41, 5.74) is 2.50. The van der Waals surface area contributed by atoms with Crippen molar-refractivity contribution in [1.82, 2.24) is 15.0 Å². The van der Waals surface area contributed by atoms with E-state index >= 15 is 0 Å². The summed E-state index contributed by atoms with van der Waals surface area (Å²) in [5.74, 6) is 0. The van der Waals surface area contributed by atoms with E-state index in [2.05, 4.69) is 35.8 Å².